The lowest BCUT2D eigenvalue weighted by molar-refractivity contribution is 0.169. The zero-order valence-electron chi connectivity index (χ0n) is 12.4. The summed E-state index contributed by atoms with van der Waals surface area (Å²) >= 11 is 0. The molecule has 0 aromatic heterocycles. The highest BCUT2D eigenvalue weighted by Crippen LogP contribution is 2.15. The van der Waals surface area contributed by atoms with Crippen molar-refractivity contribution >= 4 is 6.03 Å². The zero-order valence-corrected chi connectivity index (χ0v) is 12.4. The van der Waals surface area contributed by atoms with E-state index >= 15 is 0 Å². The summed E-state index contributed by atoms with van der Waals surface area (Å²) in [6.07, 6.45) is 7.46. The Labute approximate surface area is 117 Å². The summed E-state index contributed by atoms with van der Waals surface area (Å²) < 4.78 is 0. The number of carbonyl (C=O) groups is 1. The Balaban J connectivity index is 1.51. The van der Waals surface area contributed by atoms with Gasteiger partial charge in [-0.15, -0.1) is 0 Å². The summed E-state index contributed by atoms with van der Waals surface area (Å²) in [5.41, 5.74) is 0. The van der Waals surface area contributed by atoms with Gasteiger partial charge in [0.25, 0.3) is 0 Å². The first-order valence-corrected chi connectivity index (χ1v) is 8.01. The van der Waals surface area contributed by atoms with Crippen molar-refractivity contribution in [2.24, 2.45) is 5.92 Å². The van der Waals surface area contributed by atoms with Gasteiger partial charge >= 0.3 is 6.03 Å². The Hall–Kier alpha value is -0.770. The van der Waals surface area contributed by atoms with Crippen molar-refractivity contribution in [3.8, 4) is 0 Å². The maximum atomic E-state index is 12.0. The predicted octanol–water partition coefficient (Wildman–Crippen LogP) is 2.30. The molecule has 0 aromatic carbocycles. The largest absolute Gasteiger partial charge is 0.338 e. The van der Waals surface area contributed by atoms with E-state index in [0.717, 1.165) is 32.5 Å². The molecule has 2 saturated heterocycles. The Morgan fingerprint density at radius 1 is 1.16 bits per heavy atom. The third kappa shape index (κ3) is 5.01. The molecule has 2 aliphatic rings. The first kappa shape index (κ1) is 14.6. The molecule has 1 N–H and O–H groups in total. The van der Waals surface area contributed by atoms with Gasteiger partial charge in [0.05, 0.1) is 0 Å². The number of nitrogens with one attached hydrogen (secondary N) is 1. The second-order valence-electron chi connectivity index (χ2n) is 6.18. The van der Waals surface area contributed by atoms with Gasteiger partial charge in [0.1, 0.15) is 0 Å². The highest BCUT2D eigenvalue weighted by molar-refractivity contribution is 5.74. The fourth-order valence-corrected chi connectivity index (χ4v) is 3.15. The highest BCUT2D eigenvalue weighted by Gasteiger charge is 2.20. The van der Waals surface area contributed by atoms with Crippen LogP contribution in [0.25, 0.3) is 0 Å². The van der Waals surface area contributed by atoms with Crippen LogP contribution in [0.2, 0.25) is 0 Å². The van der Waals surface area contributed by atoms with Crippen molar-refractivity contribution in [1.29, 1.82) is 0 Å². The van der Waals surface area contributed by atoms with E-state index in [2.05, 4.69) is 17.1 Å². The van der Waals surface area contributed by atoms with Crippen molar-refractivity contribution in [1.82, 2.24) is 15.1 Å². The van der Waals surface area contributed by atoms with E-state index in [-0.39, 0.29) is 6.03 Å². The van der Waals surface area contributed by atoms with Crippen molar-refractivity contribution in [3.05, 3.63) is 0 Å². The summed E-state index contributed by atoms with van der Waals surface area (Å²) in [4.78, 5) is 16.5. The maximum Gasteiger partial charge on any atom is 0.317 e. The number of hydrogen-bond acceptors (Lipinski definition) is 2. The molecule has 1 atom stereocenters. The van der Waals surface area contributed by atoms with Gasteiger partial charge in [-0.25, -0.2) is 4.79 Å². The topological polar surface area (TPSA) is 35.6 Å². The van der Waals surface area contributed by atoms with Crippen molar-refractivity contribution in [2.75, 3.05) is 39.3 Å². The molecule has 0 aromatic rings. The van der Waals surface area contributed by atoms with Crippen LogP contribution < -0.4 is 5.32 Å². The molecule has 0 bridgehead atoms. The van der Waals surface area contributed by atoms with Crippen LogP contribution in [0.4, 0.5) is 4.79 Å². The molecule has 4 nitrogen and oxygen atoms in total. The van der Waals surface area contributed by atoms with Crippen LogP contribution in [0, 0.1) is 5.92 Å². The fraction of sp³-hybridized carbons (Fsp3) is 0.933. The Morgan fingerprint density at radius 3 is 2.68 bits per heavy atom. The van der Waals surface area contributed by atoms with Crippen molar-refractivity contribution < 1.29 is 4.79 Å². The molecule has 2 fully saturated rings. The second-order valence-corrected chi connectivity index (χ2v) is 6.18. The summed E-state index contributed by atoms with van der Waals surface area (Å²) in [7, 11) is 0. The lowest BCUT2D eigenvalue weighted by Gasteiger charge is -2.31. The monoisotopic (exact) mass is 267 g/mol. The second kappa shape index (κ2) is 7.73. The number of urea groups is 1. The minimum Gasteiger partial charge on any atom is -0.338 e. The molecule has 4 heteroatoms. The number of carbonyl (C=O) groups excluding carboxylic acids is 1. The highest BCUT2D eigenvalue weighted by atomic mass is 16.2. The van der Waals surface area contributed by atoms with E-state index in [1.165, 1.54) is 45.3 Å². The van der Waals surface area contributed by atoms with Gasteiger partial charge in [0, 0.05) is 19.6 Å². The van der Waals surface area contributed by atoms with Gasteiger partial charge in [0.2, 0.25) is 0 Å². The number of amides is 2. The number of likely N-dealkylation sites (tertiary alicyclic amines) is 2. The Bertz CT molecular complexity index is 277. The summed E-state index contributed by atoms with van der Waals surface area (Å²) in [6.45, 7) is 8.68. The first-order chi connectivity index (χ1) is 9.25. The Morgan fingerprint density at radius 2 is 1.95 bits per heavy atom. The molecule has 2 aliphatic heterocycles. The molecule has 110 valence electrons. The maximum absolute atomic E-state index is 12.0. The molecule has 0 spiro atoms. The number of hydrogen-bond donors (Lipinski definition) is 1. The molecule has 2 rings (SSSR count). The normalized spacial score (nSPS) is 24.7. The van der Waals surface area contributed by atoms with Gasteiger partial charge in [-0.05, 0) is 64.1 Å². The summed E-state index contributed by atoms with van der Waals surface area (Å²) in [6, 6.07) is 0.146. The molecule has 1 unspecified atom stereocenters. The van der Waals surface area contributed by atoms with Crippen LogP contribution in [0.3, 0.4) is 0 Å². The van der Waals surface area contributed by atoms with Crippen LogP contribution >= 0.6 is 0 Å². The molecule has 0 radical (unpaired) electrons. The van der Waals surface area contributed by atoms with Gasteiger partial charge in [0.15, 0.2) is 0 Å². The molecular weight excluding hydrogens is 238 g/mol. The molecule has 2 heterocycles. The number of piperidine rings is 1. The number of unbranched alkanes of at least 4 members (excludes halogenated alkanes) is 1. The van der Waals surface area contributed by atoms with Crippen molar-refractivity contribution in [3.63, 3.8) is 0 Å². The summed E-state index contributed by atoms with van der Waals surface area (Å²) in [5, 5.41) is 3.07. The van der Waals surface area contributed by atoms with E-state index in [4.69, 9.17) is 0 Å². The molecule has 2 amide bonds. The van der Waals surface area contributed by atoms with Gasteiger partial charge in [-0.3, -0.25) is 0 Å². The molecule has 0 aliphatic carbocycles. The fourth-order valence-electron chi connectivity index (χ4n) is 3.15. The standard InChI is InChI=1S/C15H29N3O/c1-14-7-6-12-18(13-14)15(19)16-8-2-3-9-17-10-4-5-11-17/h14H,2-13H2,1H3,(H,16,19). The number of nitrogens with zero attached hydrogens (tertiary/aromatic N) is 2. The minimum atomic E-state index is 0.146. The van der Waals surface area contributed by atoms with E-state index in [1.807, 2.05) is 4.90 Å². The van der Waals surface area contributed by atoms with Crippen LogP contribution in [0.1, 0.15) is 45.4 Å². The lowest BCUT2D eigenvalue weighted by Crippen LogP contribution is -2.45. The first-order valence-electron chi connectivity index (χ1n) is 8.01. The quantitative estimate of drug-likeness (QED) is 0.776. The molecule has 19 heavy (non-hydrogen) atoms. The van der Waals surface area contributed by atoms with Crippen molar-refractivity contribution in [2.45, 2.75) is 45.4 Å². The molecule has 0 saturated carbocycles. The average molecular weight is 267 g/mol. The van der Waals surface area contributed by atoms with Gasteiger partial charge < -0.3 is 15.1 Å². The van der Waals surface area contributed by atoms with Gasteiger partial charge in [-0.2, -0.15) is 0 Å². The van der Waals surface area contributed by atoms with Gasteiger partial charge in [-0.1, -0.05) is 6.92 Å². The minimum absolute atomic E-state index is 0.146. The smallest absolute Gasteiger partial charge is 0.317 e. The summed E-state index contributed by atoms with van der Waals surface area (Å²) in [5.74, 6) is 0.662. The third-order valence-corrected chi connectivity index (χ3v) is 4.32. The van der Waals surface area contributed by atoms with E-state index in [9.17, 15) is 4.79 Å². The van der Waals surface area contributed by atoms with Crippen LogP contribution in [0.5, 0.6) is 0 Å². The average Bonchev–Trinajstić information content (AvgIpc) is 2.91. The third-order valence-electron chi connectivity index (χ3n) is 4.32. The Kier molecular flexibility index (Phi) is 5.95. The van der Waals surface area contributed by atoms with Crippen LogP contribution in [-0.4, -0.2) is 55.1 Å². The lowest BCUT2D eigenvalue weighted by atomic mass is 10.0. The van der Waals surface area contributed by atoms with E-state index < -0.39 is 0 Å². The predicted molar refractivity (Wildman–Crippen MR) is 78.3 cm³/mol. The molecular formula is C15H29N3O. The van der Waals surface area contributed by atoms with E-state index in [0.29, 0.717) is 5.92 Å². The van der Waals surface area contributed by atoms with Crippen LogP contribution in [-0.2, 0) is 0 Å². The number of rotatable bonds is 5. The van der Waals surface area contributed by atoms with Crippen LogP contribution in [0.15, 0.2) is 0 Å². The SMILES string of the molecule is CC1CCCN(C(=O)NCCCCN2CCCC2)C1. The zero-order chi connectivity index (χ0) is 13.5. The van der Waals surface area contributed by atoms with E-state index in [1.54, 1.807) is 0 Å².